The number of aromatic nitrogens is 1. The summed E-state index contributed by atoms with van der Waals surface area (Å²) in [4.78, 5) is 42.7. The first-order valence-electron chi connectivity index (χ1n) is 12.6. The van der Waals surface area contributed by atoms with Crippen molar-refractivity contribution in [2.24, 2.45) is 5.41 Å². The van der Waals surface area contributed by atoms with Gasteiger partial charge in [0.05, 0.1) is 30.2 Å². The molecule has 0 aliphatic heterocycles. The summed E-state index contributed by atoms with van der Waals surface area (Å²) in [6, 6.07) is 15.6. The van der Waals surface area contributed by atoms with E-state index >= 15 is 0 Å². The second-order valence-corrected chi connectivity index (χ2v) is 10.1. The maximum absolute atomic E-state index is 13.2. The van der Waals surface area contributed by atoms with Gasteiger partial charge in [-0.05, 0) is 60.4 Å². The van der Waals surface area contributed by atoms with Crippen LogP contribution in [0, 0.1) is 11.2 Å². The van der Waals surface area contributed by atoms with Crippen molar-refractivity contribution in [3.8, 4) is 17.2 Å². The molecule has 1 aliphatic rings. The first-order chi connectivity index (χ1) is 19.2. The molecule has 0 saturated heterocycles. The summed E-state index contributed by atoms with van der Waals surface area (Å²) < 4.78 is 29.5. The van der Waals surface area contributed by atoms with Gasteiger partial charge in [0.1, 0.15) is 28.6 Å². The second kappa shape index (κ2) is 11.1. The van der Waals surface area contributed by atoms with E-state index in [1.165, 1.54) is 26.4 Å². The Morgan fingerprint density at radius 2 is 1.55 bits per heavy atom. The highest BCUT2D eigenvalue weighted by Crippen LogP contribution is 2.49. The molecule has 0 N–H and O–H groups in total. The summed E-state index contributed by atoms with van der Waals surface area (Å²) in [6.45, 7) is 0. The molecular formula is C31H25ClFNO6. The first kappa shape index (κ1) is 27.3. The van der Waals surface area contributed by atoms with E-state index in [1.807, 2.05) is 0 Å². The molecule has 1 aromatic heterocycles. The number of pyridine rings is 1. The lowest BCUT2D eigenvalue weighted by Crippen LogP contribution is -2.28. The van der Waals surface area contributed by atoms with E-state index in [2.05, 4.69) is 4.98 Å². The number of nitrogens with zero attached hydrogens (tertiary/aromatic N) is 1. The number of hydrogen-bond donors (Lipinski definition) is 0. The van der Waals surface area contributed by atoms with Crippen molar-refractivity contribution in [1.29, 1.82) is 0 Å². The molecule has 1 heterocycles. The Labute approximate surface area is 234 Å². The number of benzene rings is 3. The standard InChI is InChI=1S/C31H25ClFNO6/c1-38-27-17-24-21(16-22(27)30(37)39-2)25(9-12-34-24)40-26-8-5-19(13-23(26)32)15-29(36)31(10-11-31)28(35)14-18-3-6-20(33)7-4-18/h3-9,12-13,16-17H,10-11,14-15H2,1-2H3. The van der Waals surface area contributed by atoms with Crippen LogP contribution in [0.1, 0.15) is 34.3 Å². The summed E-state index contributed by atoms with van der Waals surface area (Å²) in [5.74, 6) is -0.176. The monoisotopic (exact) mass is 561 g/mol. The quantitative estimate of drug-likeness (QED) is 0.165. The fourth-order valence-corrected chi connectivity index (χ4v) is 4.92. The van der Waals surface area contributed by atoms with Gasteiger partial charge >= 0.3 is 5.97 Å². The average Bonchev–Trinajstić information content (AvgIpc) is 3.77. The number of carbonyl (C=O) groups excluding carboxylic acids is 3. The molecule has 0 radical (unpaired) electrons. The molecule has 0 bridgehead atoms. The minimum atomic E-state index is -0.996. The van der Waals surface area contributed by atoms with E-state index in [4.69, 9.17) is 25.8 Å². The Balaban J connectivity index is 1.33. The minimum Gasteiger partial charge on any atom is -0.496 e. The minimum absolute atomic E-state index is 0.0512. The van der Waals surface area contributed by atoms with Gasteiger partial charge in [0.25, 0.3) is 0 Å². The molecule has 1 fully saturated rings. The van der Waals surface area contributed by atoms with Crippen LogP contribution in [0.25, 0.3) is 10.9 Å². The predicted octanol–water partition coefficient (Wildman–Crippen LogP) is 6.32. The van der Waals surface area contributed by atoms with E-state index in [1.54, 1.807) is 54.7 Å². The molecule has 3 aromatic carbocycles. The van der Waals surface area contributed by atoms with Gasteiger partial charge in [-0.1, -0.05) is 29.8 Å². The van der Waals surface area contributed by atoms with Crippen LogP contribution in [-0.4, -0.2) is 36.7 Å². The highest BCUT2D eigenvalue weighted by atomic mass is 35.5. The molecule has 0 amide bonds. The third-order valence-corrected chi connectivity index (χ3v) is 7.40. The van der Waals surface area contributed by atoms with Gasteiger partial charge in [-0.25, -0.2) is 9.18 Å². The van der Waals surface area contributed by atoms with Crippen molar-refractivity contribution in [3.63, 3.8) is 0 Å². The number of hydrogen-bond acceptors (Lipinski definition) is 7. The molecular weight excluding hydrogens is 537 g/mol. The van der Waals surface area contributed by atoms with Crippen LogP contribution in [-0.2, 0) is 27.2 Å². The van der Waals surface area contributed by atoms with Crippen molar-refractivity contribution >= 4 is 40.0 Å². The van der Waals surface area contributed by atoms with Gasteiger partial charge in [-0.15, -0.1) is 0 Å². The van der Waals surface area contributed by atoms with Crippen LogP contribution < -0.4 is 9.47 Å². The first-order valence-corrected chi connectivity index (χ1v) is 12.9. The molecule has 4 aromatic rings. The van der Waals surface area contributed by atoms with E-state index in [9.17, 15) is 18.8 Å². The highest BCUT2D eigenvalue weighted by molar-refractivity contribution is 6.32. The Bertz CT molecular complexity index is 1630. The van der Waals surface area contributed by atoms with Gasteiger partial charge in [0.2, 0.25) is 0 Å². The summed E-state index contributed by atoms with van der Waals surface area (Å²) in [5, 5.41) is 0.828. The SMILES string of the molecule is COC(=O)c1cc2c(Oc3ccc(CC(=O)C4(C(=O)Cc5ccc(F)cc5)CC4)cc3Cl)ccnc2cc1OC. The summed E-state index contributed by atoms with van der Waals surface area (Å²) in [7, 11) is 2.73. The number of ether oxygens (including phenoxy) is 3. The number of carbonyl (C=O) groups is 3. The summed E-state index contributed by atoms with van der Waals surface area (Å²) >= 11 is 6.53. The van der Waals surface area contributed by atoms with Gasteiger partial charge in [0.15, 0.2) is 11.6 Å². The van der Waals surface area contributed by atoms with Crippen LogP contribution in [0.5, 0.6) is 17.2 Å². The Morgan fingerprint density at radius 3 is 2.17 bits per heavy atom. The largest absolute Gasteiger partial charge is 0.496 e. The molecule has 0 atom stereocenters. The number of methoxy groups -OCH3 is 2. The molecule has 1 saturated carbocycles. The third-order valence-electron chi connectivity index (χ3n) is 7.10. The molecule has 204 valence electrons. The number of fused-ring (bicyclic) bond motifs is 1. The lowest BCUT2D eigenvalue weighted by atomic mass is 9.88. The predicted molar refractivity (Wildman–Crippen MR) is 147 cm³/mol. The smallest absolute Gasteiger partial charge is 0.341 e. The van der Waals surface area contributed by atoms with Gasteiger partial charge in [0, 0.05) is 30.5 Å². The van der Waals surface area contributed by atoms with Gasteiger partial charge in [-0.3, -0.25) is 14.6 Å². The maximum Gasteiger partial charge on any atom is 0.341 e. The van der Waals surface area contributed by atoms with Gasteiger partial charge < -0.3 is 14.2 Å². The molecule has 7 nitrogen and oxygen atoms in total. The normalized spacial score (nSPS) is 13.5. The zero-order chi connectivity index (χ0) is 28.4. The van der Waals surface area contributed by atoms with Crippen molar-refractivity contribution in [2.45, 2.75) is 25.7 Å². The van der Waals surface area contributed by atoms with Crippen LogP contribution in [0.3, 0.4) is 0 Å². The topological polar surface area (TPSA) is 91.8 Å². The number of esters is 1. The zero-order valence-corrected chi connectivity index (χ0v) is 22.6. The van der Waals surface area contributed by atoms with E-state index in [0.717, 1.165) is 0 Å². The van der Waals surface area contributed by atoms with Crippen molar-refractivity contribution in [2.75, 3.05) is 14.2 Å². The molecule has 1 aliphatic carbocycles. The number of ketones is 2. The van der Waals surface area contributed by atoms with E-state index < -0.39 is 11.4 Å². The van der Waals surface area contributed by atoms with Crippen molar-refractivity contribution in [1.82, 2.24) is 4.98 Å². The molecule has 0 spiro atoms. The van der Waals surface area contributed by atoms with Crippen LogP contribution in [0.4, 0.5) is 4.39 Å². The maximum atomic E-state index is 13.2. The Kier molecular flexibility index (Phi) is 7.54. The molecule has 5 rings (SSSR count). The number of Topliss-reactive ketones (excluding diaryl/α,β-unsaturated/α-hetero) is 2. The zero-order valence-electron chi connectivity index (χ0n) is 21.8. The lowest BCUT2D eigenvalue weighted by Gasteiger charge is -2.15. The average molecular weight is 562 g/mol. The molecule has 0 unspecified atom stereocenters. The fraction of sp³-hybridized carbons (Fsp3) is 0.226. The second-order valence-electron chi connectivity index (χ2n) is 9.65. The van der Waals surface area contributed by atoms with Gasteiger partial charge in [-0.2, -0.15) is 0 Å². The number of rotatable bonds is 10. The molecule has 40 heavy (non-hydrogen) atoms. The van der Waals surface area contributed by atoms with Crippen LogP contribution in [0.15, 0.2) is 66.9 Å². The Morgan fingerprint density at radius 1 is 0.875 bits per heavy atom. The van der Waals surface area contributed by atoms with Crippen molar-refractivity contribution in [3.05, 3.63) is 94.4 Å². The highest BCUT2D eigenvalue weighted by Gasteiger charge is 2.54. The van der Waals surface area contributed by atoms with Crippen LogP contribution >= 0.6 is 11.6 Å². The fourth-order valence-electron chi connectivity index (χ4n) is 4.68. The lowest BCUT2D eigenvalue weighted by molar-refractivity contribution is -0.133. The summed E-state index contributed by atoms with van der Waals surface area (Å²) in [6.07, 6.45) is 2.72. The van der Waals surface area contributed by atoms with E-state index in [0.29, 0.717) is 52.1 Å². The third kappa shape index (κ3) is 5.40. The number of halogens is 2. The summed E-state index contributed by atoms with van der Waals surface area (Å²) in [5.41, 5.74) is 1.10. The van der Waals surface area contributed by atoms with E-state index in [-0.39, 0.29) is 40.8 Å². The van der Waals surface area contributed by atoms with Crippen LogP contribution in [0.2, 0.25) is 5.02 Å². The molecule has 9 heteroatoms. The van der Waals surface area contributed by atoms with Crippen molar-refractivity contribution < 1.29 is 33.0 Å². The Hall–Kier alpha value is -4.30.